The van der Waals surface area contributed by atoms with Gasteiger partial charge < -0.3 is 5.32 Å². The van der Waals surface area contributed by atoms with Crippen molar-refractivity contribution < 1.29 is 4.79 Å². The largest absolute Gasteiger partial charge is 0.319 e. The molecule has 0 saturated heterocycles. The topological polar surface area (TPSA) is 59.8 Å². The normalized spacial score (nSPS) is 14.4. The van der Waals surface area contributed by atoms with Crippen molar-refractivity contribution in [1.29, 1.82) is 0 Å². The van der Waals surface area contributed by atoms with Gasteiger partial charge in [-0.15, -0.1) is 0 Å². The molecule has 5 heteroatoms. The van der Waals surface area contributed by atoms with Gasteiger partial charge in [-0.05, 0) is 31.9 Å². The van der Waals surface area contributed by atoms with Gasteiger partial charge >= 0.3 is 0 Å². The highest BCUT2D eigenvalue weighted by molar-refractivity contribution is 6.05. The molecule has 0 aromatic carbocycles. The molecule has 1 fully saturated rings. The van der Waals surface area contributed by atoms with Gasteiger partial charge in [0.25, 0.3) is 5.91 Å². The average molecular weight is 256 g/mol. The van der Waals surface area contributed by atoms with Gasteiger partial charge in [0, 0.05) is 19.2 Å². The Hall–Kier alpha value is -2.17. The van der Waals surface area contributed by atoms with Gasteiger partial charge in [0.2, 0.25) is 0 Å². The number of hydrogen-bond acceptors (Lipinski definition) is 3. The smallest absolute Gasteiger partial charge is 0.257 e. The second-order valence-electron chi connectivity index (χ2n) is 4.93. The predicted octanol–water partition coefficient (Wildman–Crippen LogP) is 2.25. The molecule has 0 aliphatic heterocycles. The Labute approximate surface area is 111 Å². The fraction of sp³-hybridized carbons (Fsp3) is 0.357. The first-order valence-electron chi connectivity index (χ1n) is 6.41. The molecule has 19 heavy (non-hydrogen) atoms. The zero-order valence-corrected chi connectivity index (χ0v) is 11.1. The van der Waals surface area contributed by atoms with Crippen molar-refractivity contribution in [3.63, 3.8) is 0 Å². The molecule has 3 rings (SSSR count). The molecule has 1 aliphatic carbocycles. The second kappa shape index (κ2) is 4.50. The van der Waals surface area contributed by atoms with Crippen molar-refractivity contribution in [3.8, 4) is 0 Å². The van der Waals surface area contributed by atoms with Crippen LogP contribution in [0.5, 0.6) is 0 Å². The molecule has 0 spiro atoms. The summed E-state index contributed by atoms with van der Waals surface area (Å²) in [6.45, 7) is 1.92. The number of pyridine rings is 1. The fourth-order valence-electron chi connectivity index (χ4n) is 2.10. The van der Waals surface area contributed by atoms with Gasteiger partial charge in [-0.2, -0.15) is 5.10 Å². The summed E-state index contributed by atoms with van der Waals surface area (Å²) in [4.78, 5) is 16.7. The maximum atomic E-state index is 12.3. The molecule has 98 valence electrons. The molecule has 1 aliphatic rings. The van der Waals surface area contributed by atoms with E-state index < -0.39 is 0 Å². The Balaban J connectivity index is 1.86. The molecule has 1 N–H and O–H groups in total. The van der Waals surface area contributed by atoms with Gasteiger partial charge in [-0.25, -0.2) is 0 Å². The SMILES string of the molecule is Cc1c(NC(=O)c2cccnc2C2CC2)cnn1C. The molecule has 5 nitrogen and oxygen atoms in total. The number of aromatic nitrogens is 3. The Morgan fingerprint density at radius 1 is 1.47 bits per heavy atom. The zero-order valence-electron chi connectivity index (χ0n) is 11.1. The molecule has 2 aromatic rings. The lowest BCUT2D eigenvalue weighted by molar-refractivity contribution is 0.102. The van der Waals surface area contributed by atoms with Crippen LogP contribution in [-0.2, 0) is 7.05 Å². The van der Waals surface area contributed by atoms with Gasteiger partial charge in [0.15, 0.2) is 0 Å². The van der Waals surface area contributed by atoms with Crippen LogP contribution < -0.4 is 5.32 Å². The van der Waals surface area contributed by atoms with Crippen LogP contribution in [0.25, 0.3) is 0 Å². The number of rotatable bonds is 3. The number of hydrogen-bond donors (Lipinski definition) is 1. The molecular formula is C14H16N4O. The first-order valence-corrected chi connectivity index (χ1v) is 6.41. The summed E-state index contributed by atoms with van der Waals surface area (Å²) in [7, 11) is 1.85. The van der Waals surface area contributed by atoms with Crippen molar-refractivity contribution in [2.24, 2.45) is 7.05 Å². The monoisotopic (exact) mass is 256 g/mol. The molecule has 2 aromatic heterocycles. The van der Waals surface area contributed by atoms with E-state index in [0.29, 0.717) is 11.5 Å². The summed E-state index contributed by atoms with van der Waals surface area (Å²) >= 11 is 0. The van der Waals surface area contributed by atoms with Gasteiger partial charge in [-0.3, -0.25) is 14.5 Å². The van der Waals surface area contributed by atoms with Crippen LogP contribution in [0, 0.1) is 6.92 Å². The molecule has 1 amide bonds. The van der Waals surface area contributed by atoms with E-state index in [1.807, 2.05) is 20.0 Å². The van der Waals surface area contributed by atoms with Crippen LogP contribution in [0.3, 0.4) is 0 Å². The van der Waals surface area contributed by atoms with E-state index in [0.717, 1.165) is 29.9 Å². The minimum Gasteiger partial charge on any atom is -0.319 e. The molecule has 0 bridgehead atoms. The lowest BCUT2D eigenvalue weighted by Gasteiger charge is -2.08. The first kappa shape index (κ1) is 11.9. The summed E-state index contributed by atoms with van der Waals surface area (Å²) in [5, 5.41) is 7.03. The third kappa shape index (κ3) is 2.23. The van der Waals surface area contributed by atoms with Crippen molar-refractivity contribution in [3.05, 3.63) is 41.5 Å². The van der Waals surface area contributed by atoms with Crippen LogP contribution >= 0.6 is 0 Å². The maximum absolute atomic E-state index is 12.3. The van der Waals surface area contributed by atoms with E-state index in [-0.39, 0.29) is 5.91 Å². The Morgan fingerprint density at radius 2 is 2.26 bits per heavy atom. The Bertz CT molecular complexity index is 628. The van der Waals surface area contributed by atoms with Crippen LogP contribution in [0.1, 0.15) is 40.5 Å². The number of nitrogens with zero attached hydrogens (tertiary/aromatic N) is 3. The minimum absolute atomic E-state index is 0.105. The number of aryl methyl sites for hydroxylation is 1. The van der Waals surface area contributed by atoms with Crippen molar-refractivity contribution in [1.82, 2.24) is 14.8 Å². The first-order chi connectivity index (χ1) is 9.16. The van der Waals surface area contributed by atoms with E-state index >= 15 is 0 Å². The Kier molecular flexibility index (Phi) is 2.81. The second-order valence-corrected chi connectivity index (χ2v) is 4.93. The highest BCUT2D eigenvalue weighted by Gasteiger charge is 2.29. The number of anilines is 1. The van der Waals surface area contributed by atoms with Gasteiger partial charge in [0.05, 0.1) is 28.8 Å². The standard InChI is InChI=1S/C14H16N4O/c1-9-12(8-16-18(9)2)17-14(19)11-4-3-7-15-13(11)10-5-6-10/h3-4,7-8,10H,5-6H2,1-2H3,(H,17,19). The third-order valence-electron chi connectivity index (χ3n) is 3.53. The highest BCUT2D eigenvalue weighted by Crippen LogP contribution is 2.40. The maximum Gasteiger partial charge on any atom is 0.257 e. The van der Waals surface area contributed by atoms with E-state index in [9.17, 15) is 4.79 Å². The van der Waals surface area contributed by atoms with Crippen molar-refractivity contribution >= 4 is 11.6 Å². The highest BCUT2D eigenvalue weighted by atomic mass is 16.1. The number of amides is 1. The molecule has 2 heterocycles. The summed E-state index contributed by atoms with van der Waals surface area (Å²) in [6, 6.07) is 3.64. The summed E-state index contributed by atoms with van der Waals surface area (Å²) in [6.07, 6.45) is 5.67. The quantitative estimate of drug-likeness (QED) is 0.916. The van der Waals surface area contributed by atoms with Crippen LogP contribution in [-0.4, -0.2) is 20.7 Å². The molecule has 0 unspecified atom stereocenters. The van der Waals surface area contributed by atoms with E-state index in [1.165, 1.54) is 0 Å². The van der Waals surface area contributed by atoms with E-state index in [4.69, 9.17) is 0 Å². The number of carbonyl (C=O) groups is 1. The van der Waals surface area contributed by atoms with Gasteiger partial charge in [0.1, 0.15) is 0 Å². The number of nitrogens with one attached hydrogen (secondary N) is 1. The minimum atomic E-state index is -0.105. The molecular weight excluding hydrogens is 240 g/mol. The summed E-state index contributed by atoms with van der Waals surface area (Å²) < 4.78 is 1.74. The molecule has 0 atom stereocenters. The fourth-order valence-corrected chi connectivity index (χ4v) is 2.10. The van der Waals surface area contributed by atoms with Crippen molar-refractivity contribution in [2.75, 3.05) is 5.32 Å². The summed E-state index contributed by atoms with van der Waals surface area (Å²) in [5.41, 5.74) is 3.28. The molecule has 0 radical (unpaired) electrons. The zero-order chi connectivity index (χ0) is 13.4. The van der Waals surface area contributed by atoms with Gasteiger partial charge in [-0.1, -0.05) is 0 Å². The van der Waals surface area contributed by atoms with E-state index in [1.54, 1.807) is 23.1 Å². The average Bonchev–Trinajstić information content (AvgIpc) is 3.22. The van der Waals surface area contributed by atoms with Crippen molar-refractivity contribution in [2.45, 2.75) is 25.7 Å². The lowest BCUT2D eigenvalue weighted by Crippen LogP contribution is -2.15. The Morgan fingerprint density at radius 3 is 2.89 bits per heavy atom. The molecule has 1 saturated carbocycles. The summed E-state index contributed by atoms with van der Waals surface area (Å²) in [5.74, 6) is 0.350. The van der Waals surface area contributed by atoms with Crippen LogP contribution in [0.4, 0.5) is 5.69 Å². The van der Waals surface area contributed by atoms with Crippen LogP contribution in [0.15, 0.2) is 24.5 Å². The predicted molar refractivity (Wildman–Crippen MR) is 72.1 cm³/mol. The number of carbonyl (C=O) groups excluding carboxylic acids is 1. The van der Waals surface area contributed by atoms with Crippen LogP contribution in [0.2, 0.25) is 0 Å². The third-order valence-corrected chi connectivity index (χ3v) is 3.53. The lowest BCUT2D eigenvalue weighted by atomic mass is 10.1. The van der Waals surface area contributed by atoms with E-state index in [2.05, 4.69) is 15.4 Å².